The van der Waals surface area contributed by atoms with Gasteiger partial charge in [-0.1, -0.05) is 11.3 Å². The van der Waals surface area contributed by atoms with E-state index in [4.69, 9.17) is 9.47 Å². The molecule has 2 amide bonds. The number of nitrogens with one attached hydrogen (secondary N) is 2. The summed E-state index contributed by atoms with van der Waals surface area (Å²) in [7, 11) is 3.15. The number of carbonyl (C=O) groups excluding carboxylic acids is 2. The maximum Gasteiger partial charge on any atom is 0.251 e. The molecule has 0 aliphatic rings. The van der Waals surface area contributed by atoms with Crippen LogP contribution < -0.4 is 20.1 Å². The van der Waals surface area contributed by atoms with Crippen LogP contribution in [0.3, 0.4) is 0 Å². The van der Waals surface area contributed by atoms with Crippen LogP contribution in [-0.4, -0.2) is 42.3 Å². The van der Waals surface area contributed by atoms with Crippen molar-refractivity contribution in [2.75, 3.05) is 19.5 Å². The van der Waals surface area contributed by atoms with Gasteiger partial charge in [0.1, 0.15) is 22.5 Å². The Morgan fingerprint density at radius 1 is 0.931 bits per heavy atom. The average Bonchev–Trinajstić information content (AvgIpc) is 3.22. The third-order valence-electron chi connectivity index (χ3n) is 4.09. The molecule has 0 saturated heterocycles. The van der Waals surface area contributed by atoms with Crippen molar-refractivity contribution in [2.45, 2.75) is 13.0 Å². The molecule has 150 valence electrons. The number of methoxy groups -OCH3 is 2. The molecule has 0 aliphatic carbocycles. The minimum absolute atomic E-state index is 0.353. The lowest BCUT2D eigenvalue weighted by Gasteiger charge is -2.13. The summed E-state index contributed by atoms with van der Waals surface area (Å²) in [5.41, 5.74) is 1.30. The second kappa shape index (κ2) is 9.16. The van der Waals surface area contributed by atoms with E-state index in [-0.39, 0.29) is 11.8 Å². The summed E-state index contributed by atoms with van der Waals surface area (Å²) in [5, 5.41) is 14.4. The van der Waals surface area contributed by atoms with Crippen LogP contribution in [-0.2, 0) is 4.79 Å². The summed E-state index contributed by atoms with van der Waals surface area (Å²) >= 11 is 1.24. The number of ether oxygens (including phenoxy) is 2. The summed E-state index contributed by atoms with van der Waals surface area (Å²) in [6, 6.07) is 13.2. The number of hydrogen-bond donors (Lipinski definition) is 2. The minimum Gasteiger partial charge on any atom is -0.497 e. The molecule has 1 atom stereocenters. The quantitative estimate of drug-likeness (QED) is 0.619. The Morgan fingerprint density at radius 3 is 2.10 bits per heavy atom. The molecule has 3 rings (SSSR count). The molecule has 1 aromatic heterocycles. The minimum atomic E-state index is -0.752. The number of amides is 2. The summed E-state index contributed by atoms with van der Waals surface area (Å²) in [6.45, 7) is 1.60. The van der Waals surface area contributed by atoms with Crippen LogP contribution in [0.25, 0.3) is 10.6 Å². The van der Waals surface area contributed by atoms with Crippen LogP contribution in [0.15, 0.2) is 48.5 Å². The highest BCUT2D eigenvalue weighted by molar-refractivity contribution is 7.18. The fourth-order valence-electron chi connectivity index (χ4n) is 2.43. The Balaban J connectivity index is 1.59. The van der Waals surface area contributed by atoms with E-state index in [0.717, 1.165) is 11.3 Å². The van der Waals surface area contributed by atoms with E-state index in [1.165, 1.54) is 11.3 Å². The number of nitrogens with zero attached hydrogens (tertiary/aromatic N) is 2. The Hall–Kier alpha value is -3.46. The van der Waals surface area contributed by atoms with E-state index >= 15 is 0 Å². The van der Waals surface area contributed by atoms with E-state index in [9.17, 15) is 9.59 Å². The topological polar surface area (TPSA) is 102 Å². The second-order valence-corrected chi connectivity index (χ2v) is 7.03. The number of rotatable bonds is 7. The molecule has 0 spiro atoms. The zero-order valence-electron chi connectivity index (χ0n) is 16.1. The average molecular weight is 412 g/mol. The van der Waals surface area contributed by atoms with E-state index in [1.54, 1.807) is 45.4 Å². The lowest BCUT2D eigenvalue weighted by Crippen LogP contribution is -2.41. The number of aromatic nitrogens is 2. The third-order valence-corrected chi connectivity index (χ3v) is 4.97. The molecular formula is C20H20N4O4S. The van der Waals surface area contributed by atoms with Gasteiger partial charge in [0.2, 0.25) is 11.0 Å². The van der Waals surface area contributed by atoms with E-state index < -0.39 is 6.04 Å². The summed E-state index contributed by atoms with van der Waals surface area (Å²) in [4.78, 5) is 24.7. The first-order valence-electron chi connectivity index (χ1n) is 8.74. The summed E-state index contributed by atoms with van der Waals surface area (Å²) in [5.74, 6) is 0.653. The van der Waals surface area contributed by atoms with Crippen molar-refractivity contribution in [3.63, 3.8) is 0 Å². The van der Waals surface area contributed by atoms with Crippen molar-refractivity contribution >= 4 is 28.3 Å². The Labute approximate surface area is 171 Å². The molecule has 9 heteroatoms. The van der Waals surface area contributed by atoms with Gasteiger partial charge in [0.05, 0.1) is 14.2 Å². The predicted octanol–water partition coefficient (Wildman–Crippen LogP) is 2.98. The van der Waals surface area contributed by atoms with Crippen molar-refractivity contribution in [1.29, 1.82) is 0 Å². The van der Waals surface area contributed by atoms with Gasteiger partial charge in [0.25, 0.3) is 5.91 Å². The van der Waals surface area contributed by atoms with Crippen molar-refractivity contribution < 1.29 is 19.1 Å². The largest absolute Gasteiger partial charge is 0.497 e. The van der Waals surface area contributed by atoms with Gasteiger partial charge in [-0.15, -0.1) is 10.2 Å². The van der Waals surface area contributed by atoms with Crippen LogP contribution in [0.2, 0.25) is 0 Å². The number of carbonyl (C=O) groups is 2. The normalized spacial score (nSPS) is 11.4. The van der Waals surface area contributed by atoms with Crippen molar-refractivity contribution in [3.8, 4) is 22.1 Å². The van der Waals surface area contributed by atoms with Gasteiger partial charge in [0.15, 0.2) is 0 Å². The van der Waals surface area contributed by atoms with Crippen LogP contribution in [0, 0.1) is 0 Å². The molecule has 29 heavy (non-hydrogen) atoms. The van der Waals surface area contributed by atoms with Gasteiger partial charge in [-0.3, -0.25) is 14.9 Å². The van der Waals surface area contributed by atoms with Crippen molar-refractivity contribution in [3.05, 3.63) is 54.1 Å². The Bertz CT molecular complexity index is 986. The zero-order chi connectivity index (χ0) is 20.8. The third kappa shape index (κ3) is 5.08. The smallest absolute Gasteiger partial charge is 0.251 e. The van der Waals surface area contributed by atoms with E-state index in [2.05, 4.69) is 20.8 Å². The molecule has 1 unspecified atom stereocenters. The van der Waals surface area contributed by atoms with Gasteiger partial charge >= 0.3 is 0 Å². The van der Waals surface area contributed by atoms with Gasteiger partial charge < -0.3 is 14.8 Å². The lowest BCUT2D eigenvalue weighted by molar-refractivity contribution is -0.117. The highest BCUT2D eigenvalue weighted by Crippen LogP contribution is 2.27. The molecule has 8 nitrogen and oxygen atoms in total. The van der Waals surface area contributed by atoms with E-state index in [0.29, 0.717) is 21.5 Å². The highest BCUT2D eigenvalue weighted by Gasteiger charge is 2.18. The molecular weight excluding hydrogens is 392 g/mol. The predicted molar refractivity (Wildman–Crippen MR) is 110 cm³/mol. The molecule has 0 bridgehead atoms. The fourth-order valence-corrected chi connectivity index (χ4v) is 3.18. The first-order chi connectivity index (χ1) is 14.0. The van der Waals surface area contributed by atoms with Crippen LogP contribution >= 0.6 is 11.3 Å². The molecule has 2 N–H and O–H groups in total. The maximum atomic E-state index is 12.4. The summed E-state index contributed by atoms with van der Waals surface area (Å²) in [6.07, 6.45) is 0. The van der Waals surface area contributed by atoms with Crippen molar-refractivity contribution in [2.24, 2.45) is 0 Å². The van der Waals surface area contributed by atoms with Gasteiger partial charge in [-0.2, -0.15) is 0 Å². The Morgan fingerprint density at radius 2 is 1.52 bits per heavy atom. The van der Waals surface area contributed by atoms with Gasteiger partial charge in [0, 0.05) is 11.1 Å². The first-order valence-corrected chi connectivity index (χ1v) is 9.55. The number of anilines is 1. The van der Waals surface area contributed by atoms with Crippen LogP contribution in [0.4, 0.5) is 5.13 Å². The van der Waals surface area contributed by atoms with E-state index in [1.807, 2.05) is 24.3 Å². The lowest BCUT2D eigenvalue weighted by atomic mass is 10.2. The molecule has 0 aliphatic heterocycles. The molecule has 3 aromatic rings. The SMILES string of the molecule is COc1ccc(C(=O)NC(C)C(=O)Nc2nnc(-c3ccc(OC)cc3)s2)cc1. The van der Waals surface area contributed by atoms with Crippen LogP contribution in [0.1, 0.15) is 17.3 Å². The first kappa shape index (κ1) is 20.3. The second-order valence-electron chi connectivity index (χ2n) is 6.05. The monoisotopic (exact) mass is 412 g/mol. The summed E-state index contributed by atoms with van der Waals surface area (Å²) < 4.78 is 10.2. The van der Waals surface area contributed by atoms with Gasteiger partial charge in [-0.25, -0.2) is 0 Å². The molecule has 0 fully saturated rings. The van der Waals surface area contributed by atoms with Crippen LogP contribution in [0.5, 0.6) is 11.5 Å². The maximum absolute atomic E-state index is 12.4. The number of hydrogen-bond acceptors (Lipinski definition) is 7. The Kier molecular flexibility index (Phi) is 6.40. The zero-order valence-corrected chi connectivity index (χ0v) is 16.9. The molecule has 1 heterocycles. The van der Waals surface area contributed by atoms with Gasteiger partial charge in [-0.05, 0) is 55.5 Å². The molecule has 0 saturated carbocycles. The standard InChI is InChI=1S/C20H20N4O4S/c1-12(21-18(26)13-4-8-15(27-2)9-5-13)17(25)22-20-24-23-19(29-20)14-6-10-16(28-3)11-7-14/h4-12H,1-3H3,(H,21,26)(H,22,24,25). The fraction of sp³-hybridized carbons (Fsp3) is 0.200. The molecule has 0 radical (unpaired) electrons. The molecule has 2 aromatic carbocycles. The number of benzene rings is 2. The highest BCUT2D eigenvalue weighted by atomic mass is 32.1. The van der Waals surface area contributed by atoms with Crippen molar-refractivity contribution in [1.82, 2.24) is 15.5 Å².